The van der Waals surface area contributed by atoms with Crippen molar-refractivity contribution in [3.8, 4) is 0 Å². The molecule has 6 heteroatoms. The van der Waals surface area contributed by atoms with Crippen LogP contribution in [0.4, 0.5) is 0 Å². The molecule has 1 aromatic rings. The van der Waals surface area contributed by atoms with E-state index in [0.717, 1.165) is 28.8 Å². The van der Waals surface area contributed by atoms with Crippen molar-refractivity contribution in [3.05, 3.63) is 20.8 Å². The molecule has 0 aliphatic heterocycles. The lowest BCUT2D eigenvalue weighted by Crippen LogP contribution is -2.42. The molecule has 1 aliphatic rings. The van der Waals surface area contributed by atoms with Gasteiger partial charge in [0.2, 0.25) is 0 Å². The highest BCUT2D eigenvalue weighted by molar-refractivity contribution is 9.10. The highest BCUT2D eigenvalue weighted by Crippen LogP contribution is 2.28. The number of thioether (sulfide) groups is 1. The van der Waals surface area contributed by atoms with Gasteiger partial charge in [-0.25, -0.2) is 4.99 Å². The summed E-state index contributed by atoms with van der Waals surface area (Å²) in [6.45, 7) is 3.75. The fraction of sp³-hybridized carbons (Fsp3) is 0.643. The van der Waals surface area contributed by atoms with Crippen LogP contribution < -0.4 is 10.6 Å². The van der Waals surface area contributed by atoms with E-state index in [2.05, 4.69) is 56.2 Å². The Balaban J connectivity index is 1.89. The number of thiophene rings is 1. The Morgan fingerprint density at radius 3 is 3.00 bits per heavy atom. The third-order valence-electron chi connectivity index (χ3n) is 3.42. The highest BCUT2D eigenvalue weighted by Gasteiger charge is 2.24. The number of hydrogen-bond acceptors (Lipinski definition) is 3. The Bertz CT molecular complexity index is 447. The molecular weight excluding hydrogens is 354 g/mol. The monoisotopic (exact) mass is 375 g/mol. The van der Waals surface area contributed by atoms with Crippen LogP contribution in [0.5, 0.6) is 0 Å². The van der Waals surface area contributed by atoms with Crippen LogP contribution in [0.2, 0.25) is 0 Å². The van der Waals surface area contributed by atoms with E-state index < -0.39 is 0 Å². The number of nitrogens with zero attached hydrogens (tertiary/aromatic N) is 1. The lowest BCUT2D eigenvalue weighted by molar-refractivity contribution is 0.615. The van der Waals surface area contributed by atoms with Gasteiger partial charge in [-0.2, -0.15) is 11.8 Å². The number of halogens is 1. The van der Waals surface area contributed by atoms with Gasteiger partial charge >= 0.3 is 0 Å². The van der Waals surface area contributed by atoms with E-state index in [1.807, 2.05) is 11.8 Å². The second-order valence-electron chi connectivity index (χ2n) is 4.94. The minimum Gasteiger partial charge on any atom is -0.357 e. The molecule has 2 rings (SSSR count). The van der Waals surface area contributed by atoms with Crippen molar-refractivity contribution in [2.45, 2.75) is 44.0 Å². The van der Waals surface area contributed by atoms with Crippen molar-refractivity contribution in [2.24, 2.45) is 4.99 Å². The van der Waals surface area contributed by atoms with Crippen molar-refractivity contribution in [1.29, 1.82) is 0 Å². The smallest absolute Gasteiger partial charge is 0.191 e. The van der Waals surface area contributed by atoms with Gasteiger partial charge in [0.05, 0.1) is 6.54 Å². The van der Waals surface area contributed by atoms with E-state index in [-0.39, 0.29) is 0 Å². The third-order valence-corrected chi connectivity index (χ3v) is 6.19. The van der Waals surface area contributed by atoms with Crippen molar-refractivity contribution < 1.29 is 0 Å². The molecular formula is C14H22BrN3S2. The van der Waals surface area contributed by atoms with Crippen LogP contribution in [0.25, 0.3) is 0 Å². The molecule has 1 heterocycles. The van der Waals surface area contributed by atoms with E-state index in [4.69, 9.17) is 0 Å². The summed E-state index contributed by atoms with van der Waals surface area (Å²) in [5.41, 5.74) is 0. The maximum Gasteiger partial charge on any atom is 0.191 e. The normalized spacial score (nSPS) is 23.1. The van der Waals surface area contributed by atoms with Crippen LogP contribution in [0, 0.1) is 0 Å². The van der Waals surface area contributed by atoms with Gasteiger partial charge in [0.25, 0.3) is 0 Å². The van der Waals surface area contributed by atoms with Crippen LogP contribution in [0.15, 0.2) is 20.9 Å². The average molecular weight is 376 g/mol. The zero-order valence-electron chi connectivity index (χ0n) is 12.0. The van der Waals surface area contributed by atoms with Crippen LogP contribution in [-0.4, -0.2) is 30.1 Å². The molecule has 0 bridgehead atoms. The first kappa shape index (κ1) is 16.2. The molecule has 3 nitrogen and oxygen atoms in total. The molecule has 0 aromatic carbocycles. The molecule has 0 spiro atoms. The SMILES string of the molecule is CCNC(=NCc1cc(Br)cs1)NC1CCC(SC)C1. The molecule has 2 N–H and O–H groups in total. The fourth-order valence-corrected chi connectivity index (χ4v) is 4.56. The molecule has 2 atom stereocenters. The van der Waals surface area contributed by atoms with Crippen molar-refractivity contribution in [3.63, 3.8) is 0 Å². The number of hydrogen-bond donors (Lipinski definition) is 2. The van der Waals surface area contributed by atoms with Gasteiger partial charge in [-0.1, -0.05) is 0 Å². The van der Waals surface area contributed by atoms with Gasteiger partial charge < -0.3 is 10.6 Å². The molecule has 1 saturated carbocycles. The zero-order valence-corrected chi connectivity index (χ0v) is 15.2. The summed E-state index contributed by atoms with van der Waals surface area (Å²) in [7, 11) is 0. The van der Waals surface area contributed by atoms with E-state index in [1.165, 1.54) is 24.1 Å². The molecule has 2 unspecified atom stereocenters. The zero-order chi connectivity index (χ0) is 14.4. The maximum atomic E-state index is 4.69. The van der Waals surface area contributed by atoms with E-state index in [1.54, 1.807) is 11.3 Å². The largest absolute Gasteiger partial charge is 0.357 e. The van der Waals surface area contributed by atoms with Crippen molar-refractivity contribution in [2.75, 3.05) is 12.8 Å². The van der Waals surface area contributed by atoms with Gasteiger partial charge in [0.15, 0.2) is 5.96 Å². The molecule has 0 amide bonds. The lowest BCUT2D eigenvalue weighted by Gasteiger charge is -2.17. The average Bonchev–Trinajstić information content (AvgIpc) is 3.05. The molecule has 20 heavy (non-hydrogen) atoms. The summed E-state index contributed by atoms with van der Waals surface area (Å²) < 4.78 is 1.14. The summed E-state index contributed by atoms with van der Waals surface area (Å²) >= 11 is 7.21. The lowest BCUT2D eigenvalue weighted by atomic mass is 10.2. The first-order valence-electron chi connectivity index (χ1n) is 7.01. The van der Waals surface area contributed by atoms with Gasteiger partial charge in [-0.3, -0.25) is 0 Å². The highest BCUT2D eigenvalue weighted by atomic mass is 79.9. The van der Waals surface area contributed by atoms with E-state index in [9.17, 15) is 0 Å². The molecule has 1 aliphatic carbocycles. The number of aliphatic imine (C=N–C) groups is 1. The summed E-state index contributed by atoms with van der Waals surface area (Å²) in [5, 5.41) is 9.83. The second-order valence-corrected chi connectivity index (χ2v) is 7.99. The fourth-order valence-electron chi connectivity index (χ4n) is 2.39. The standard InChI is InChI=1S/C14H22BrN3S2/c1-3-16-14(17-8-13-6-10(15)9-20-13)18-11-4-5-12(7-11)19-2/h6,9,11-12H,3-5,7-8H2,1-2H3,(H2,16,17,18). The quantitative estimate of drug-likeness (QED) is 0.605. The Kier molecular flexibility index (Phi) is 6.71. The Labute approximate surface area is 138 Å². The van der Waals surface area contributed by atoms with Crippen molar-refractivity contribution >= 4 is 45.0 Å². The van der Waals surface area contributed by atoms with E-state index >= 15 is 0 Å². The summed E-state index contributed by atoms with van der Waals surface area (Å²) in [6, 6.07) is 2.71. The molecule has 112 valence electrons. The topological polar surface area (TPSA) is 36.4 Å². The molecule has 1 fully saturated rings. The Morgan fingerprint density at radius 1 is 1.55 bits per heavy atom. The van der Waals surface area contributed by atoms with Crippen LogP contribution in [0.3, 0.4) is 0 Å². The van der Waals surface area contributed by atoms with Crippen LogP contribution >= 0.6 is 39.0 Å². The predicted octanol–water partition coefficient (Wildman–Crippen LogP) is 3.85. The summed E-state index contributed by atoms with van der Waals surface area (Å²) in [4.78, 5) is 5.97. The van der Waals surface area contributed by atoms with Crippen molar-refractivity contribution in [1.82, 2.24) is 10.6 Å². The van der Waals surface area contributed by atoms with Gasteiger partial charge in [-0.05, 0) is 54.4 Å². The van der Waals surface area contributed by atoms with Crippen LogP contribution in [0.1, 0.15) is 31.1 Å². The number of rotatable bonds is 5. The van der Waals surface area contributed by atoms with Gasteiger partial charge in [0, 0.05) is 32.6 Å². The van der Waals surface area contributed by atoms with Gasteiger partial charge in [0.1, 0.15) is 0 Å². The first-order valence-corrected chi connectivity index (χ1v) is 9.98. The molecule has 1 aromatic heterocycles. The number of nitrogens with one attached hydrogen (secondary N) is 2. The summed E-state index contributed by atoms with van der Waals surface area (Å²) in [6.07, 6.45) is 6.02. The third kappa shape index (κ3) is 4.97. The molecule has 0 saturated heterocycles. The van der Waals surface area contributed by atoms with E-state index in [0.29, 0.717) is 6.04 Å². The van der Waals surface area contributed by atoms with Crippen LogP contribution in [-0.2, 0) is 6.54 Å². The Morgan fingerprint density at radius 2 is 2.40 bits per heavy atom. The summed E-state index contributed by atoms with van der Waals surface area (Å²) in [5.74, 6) is 0.948. The van der Waals surface area contributed by atoms with Gasteiger partial charge in [-0.15, -0.1) is 11.3 Å². The minimum absolute atomic E-state index is 0.570. The number of guanidine groups is 1. The first-order chi connectivity index (χ1) is 9.71. The Hall–Kier alpha value is -0.200. The molecule has 0 radical (unpaired) electrons. The second kappa shape index (κ2) is 8.29. The maximum absolute atomic E-state index is 4.69. The predicted molar refractivity (Wildman–Crippen MR) is 94.9 cm³/mol. The minimum atomic E-state index is 0.570.